The van der Waals surface area contributed by atoms with Crippen molar-refractivity contribution in [1.82, 2.24) is 19.6 Å². The van der Waals surface area contributed by atoms with E-state index in [2.05, 4.69) is 10.2 Å². The Bertz CT molecular complexity index is 999. The summed E-state index contributed by atoms with van der Waals surface area (Å²) in [5, 5.41) is 20.3. The number of aromatic nitrogens is 4. The molecule has 3 rings (SSSR count). The number of carboxylic acids is 1. The second-order valence-corrected chi connectivity index (χ2v) is 5.89. The van der Waals surface area contributed by atoms with Gasteiger partial charge in [-0.25, -0.2) is 9.36 Å². The first-order valence-electron chi connectivity index (χ1n) is 7.58. The molecule has 1 unspecified atom stereocenters. The summed E-state index contributed by atoms with van der Waals surface area (Å²) in [6.45, 7) is 6.94. The number of benzene rings is 1. The van der Waals surface area contributed by atoms with E-state index in [-0.39, 0.29) is 5.52 Å². The van der Waals surface area contributed by atoms with E-state index in [1.165, 1.54) is 6.92 Å². The summed E-state index contributed by atoms with van der Waals surface area (Å²) in [5.41, 5.74) is 2.94. The molecule has 2 heterocycles. The molecule has 0 aliphatic rings. The van der Waals surface area contributed by atoms with E-state index in [1.807, 2.05) is 38.1 Å². The molecule has 1 atom stereocenters. The highest BCUT2D eigenvalue weighted by atomic mass is 16.4. The number of hydrogen-bond donors (Lipinski definition) is 0. The monoisotopic (exact) mass is 325 g/mol. The molecule has 0 saturated heterocycles. The van der Waals surface area contributed by atoms with Crippen molar-refractivity contribution in [1.29, 1.82) is 0 Å². The number of nitrogens with zero attached hydrogens (tertiary/aromatic N) is 4. The molecule has 124 valence electrons. The van der Waals surface area contributed by atoms with Crippen LogP contribution >= 0.6 is 0 Å². The van der Waals surface area contributed by atoms with Crippen LogP contribution in [0.5, 0.6) is 0 Å². The van der Waals surface area contributed by atoms with Crippen molar-refractivity contribution in [2.45, 2.75) is 33.7 Å². The fourth-order valence-corrected chi connectivity index (χ4v) is 2.75. The van der Waals surface area contributed by atoms with Crippen LogP contribution < -0.4 is 10.7 Å². The lowest BCUT2D eigenvalue weighted by Gasteiger charge is -2.15. The third kappa shape index (κ3) is 2.38. The molecule has 0 fully saturated rings. The lowest BCUT2D eigenvalue weighted by Crippen LogP contribution is -2.38. The second kappa shape index (κ2) is 5.59. The van der Waals surface area contributed by atoms with E-state index in [4.69, 9.17) is 0 Å². The summed E-state index contributed by atoms with van der Waals surface area (Å²) in [6, 6.07) is 6.59. The zero-order valence-corrected chi connectivity index (χ0v) is 13.9. The summed E-state index contributed by atoms with van der Waals surface area (Å²) >= 11 is 0. The smallest absolute Gasteiger partial charge is 0.295 e. The second-order valence-electron chi connectivity index (χ2n) is 5.89. The molecule has 0 bridgehead atoms. The van der Waals surface area contributed by atoms with Gasteiger partial charge in [-0.2, -0.15) is 10.2 Å². The molecule has 2 aromatic heterocycles. The Balaban J connectivity index is 2.30. The number of carboxylic acid groups (broad SMARTS) is 1. The Kier molecular flexibility index (Phi) is 3.71. The summed E-state index contributed by atoms with van der Waals surface area (Å²) in [6.07, 6.45) is 0. The van der Waals surface area contributed by atoms with Gasteiger partial charge < -0.3 is 9.90 Å². The zero-order chi connectivity index (χ0) is 17.6. The maximum Gasteiger partial charge on any atom is 0.295 e. The van der Waals surface area contributed by atoms with Gasteiger partial charge in [0, 0.05) is 0 Å². The summed E-state index contributed by atoms with van der Waals surface area (Å²) < 4.78 is 2.59. The predicted octanol–water partition coefficient (Wildman–Crippen LogP) is 0.818. The fourth-order valence-electron chi connectivity index (χ4n) is 2.75. The topological polar surface area (TPSA) is 92.8 Å². The van der Waals surface area contributed by atoms with Crippen molar-refractivity contribution < 1.29 is 9.90 Å². The molecule has 1 aromatic carbocycles. The standard InChI is InChI=1S/C17H18N4O3/c1-9-5-7-13(8-6-9)20-11(3)14-10(2)18-21(12(4)17(23)24)16(22)15(14)19-20/h5-8,12H,1-4H3,(H,23,24)/p-1. The maximum atomic E-state index is 12.6. The van der Waals surface area contributed by atoms with Gasteiger partial charge in [-0.05, 0) is 39.8 Å². The van der Waals surface area contributed by atoms with Crippen LogP contribution in [0.15, 0.2) is 29.1 Å². The van der Waals surface area contributed by atoms with Crippen LogP contribution in [0.3, 0.4) is 0 Å². The van der Waals surface area contributed by atoms with Crippen LogP contribution in [0, 0.1) is 20.8 Å². The number of hydrogen-bond acceptors (Lipinski definition) is 5. The highest BCUT2D eigenvalue weighted by Crippen LogP contribution is 2.21. The molecule has 24 heavy (non-hydrogen) atoms. The number of aliphatic carboxylic acids is 1. The van der Waals surface area contributed by atoms with Crippen LogP contribution in [-0.4, -0.2) is 25.5 Å². The average Bonchev–Trinajstić information content (AvgIpc) is 2.89. The van der Waals surface area contributed by atoms with Gasteiger partial charge in [0.05, 0.1) is 34.5 Å². The van der Waals surface area contributed by atoms with Gasteiger partial charge in [0.15, 0.2) is 5.52 Å². The van der Waals surface area contributed by atoms with Gasteiger partial charge in [0.25, 0.3) is 5.56 Å². The third-order valence-corrected chi connectivity index (χ3v) is 4.13. The van der Waals surface area contributed by atoms with Gasteiger partial charge in [-0.1, -0.05) is 17.7 Å². The van der Waals surface area contributed by atoms with Crippen LogP contribution in [0.1, 0.15) is 29.9 Å². The largest absolute Gasteiger partial charge is 0.548 e. The molecule has 0 radical (unpaired) electrons. The fraction of sp³-hybridized carbons (Fsp3) is 0.294. The van der Waals surface area contributed by atoms with Crippen molar-refractivity contribution in [2.75, 3.05) is 0 Å². The molecule has 0 N–H and O–H groups in total. The summed E-state index contributed by atoms with van der Waals surface area (Å²) in [5.74, 6) is -1.36. The van der Waals surface area contributed by atoms with Gasteiger partial charge in [0.1, 0.15) is 0 Å². The molecular weight excluding hydrogens is 308 g/mol. The van der Waals surface area contributed by atoms with E-state index < -0.39 is 17.6 Å². The van der Waals surface area contributed by atoms with E-state index >= 15 is 0 Å². The lowest BCUT2D eigenvalue weighted by atomic mass is 10.2. The number of aryl methyl sites for hydroxylation is 3. The van der Waals surface area contributed by atoms with Crippen molar-refractivity contribution in [3.8, 4) is 5.69 Å². The normalized spacial score (nSPS) is 12.5. The van der Waals surface area contributed by atoms with Gasteiger partial charge >= 0.3 is 0 Å². The van der Waals surface area contributed by atoms with Crippen molar-refractivity contribution >= 4 is 16.9 Å². The Labute approximate surface area is 138 Å². The molecule has 0 aliphatic heterocycles. The van der Waals surface area contributed by atoms with E-state index in [0.29, 0.717) is 11.1 Å². The van der Waals surface area contributed by atoms with Crippen molar-refractivity contribution in [2.24, 2.45) is 0 Å². The SMILES string of the molecule is Cc1ccc(-n2nc3c(=O)n(C(C)C(=O)[O-])nc(C)c3c2C)cc1. The van der Waals surface area contributed by atoms with E-state index in [1.54, 1.807) is 11.6 Å². The number of carbonyl (C=O) groups excluding carboxylic acids is 1. The van der Waals surface area contributed by atoms with E-state index in [0.717, 1.165) is 21.6 Å². The van der Waals surface area contributed by atoms with Gasteiger partial charge in [0.2, 0.25) is 0 Å². The van der Waals surface area contributed by atoms with Gasteiger partial charge in [-0.15, -0.1) is 0 Å². The zero-order valence-electron chi connectivity index (χ0n) is 13.9. The predicted molar refractivity (Wildman–Crippen MR) is 87.1 cm³/mol. The molecule has 7 heteroatoms. The minimum atomic E-state index is -1.36. The minimum Gasteiger partial charge on any atom is -0.548 e. The van der Waals surface area contributed by atoms with Gasteiger partial charge in [-0.3, -0.25) is 4.79 Å². The number of rotatable bonds is 3. The first-order valence-corrected chi connectivity index (χ1v) is 7.58. The molecule has 7 nitrogen and oxygen atoms in total. The molecule has 0 saturated carbocycles. The first kappa shape index (κ1) is 15.9. The lowest BCUT2D eigenvalue weighted by molar-refractivity contribution is -0.310. The Morgan fingerprint density at radius 2 is 1.75 bits per heavy atom. The third-order valence-electron chi connectivity index (χ3n) is 4.13. The Morgan fingerprint density at radius 1 is 1.12 bits per heavy atom. The highest BCUT2D eigenvalue weighted by molar-refractivity contribution is 5.83. The molecule has 3 aromatic rings. The minimum absolute atomic E-state index is 0.202. The first-order chi connectivity index (χ1) is 11.3. The summed E-state index contributed by atoms with van der Waals surface area (Å²) in [4.78, 5) is 23.7. The average molecular weight is 325 g/mol. The molecule has 0 spiro atoms. The van der Waals surface area contributed by atoms with E-state index in [9.17, 15) is 14.7 Å². The highest BCUT2D eigenvalue weighted by Gasteiger charge is 2.19. The molecule has 0 aliphatic carbocycles. The summed E-state index contributed by atoms with van der Waals surface area (Å²) in [7, 11) is 0. The quantitative estimate of drug-likeness (QED) is 0.711. The number of fused-ring (bicyclic) bond motifs is 1. The van der Waals surface area contributed by atoms with Crippen molar-refractivity contribution in [3.63, 3.8) is 0 Å². The Morgan fingerprint density at radius 3 is 2.33 bits per heavy atom. The molecular formula is C17H17N4O3-. The maximum absolute atomic E-state index is 12.6. The van der Waals surface area contributed by atoms with Crippen LogP contribution in [0.4, 0.5) is 0 Å². The van der Waals surface area contributed by atoms with Crippen LogP contribution in [0.25, 0.3) is 16.6 Å². The van der Waals surface area contributed by atoms with Crippen LogP contribution in [0.2, 0.25) is 0 Å². The van der Waals surface area contributed by atoms with Crippen LogP contribution in [-0.2, 0) is 4.79 Å². The van der Waals surface area contributed by atoms with Crippen molar-refractivity contribution in [3.05, 3.63) is 51.6 Å². The number of carbonyl (C=O) groups is 1. The molecule has 0 amide bonds. The Hall–Kier alpha value is -2.96.